The molecule has 650 valence electrons. The summed E-state index contributed by atoms with van der Waals surface area (Å²) in [6.07, 6.45) is 11.7. The minimum absolute atomic E-state index is 0.0268. The van der Waals surface area contributed by atoms with Crippen LogP contribution in [0.15, 0.2) is 245 Å². The maximum atomic E-state index is 14.5. The molecule has 4 aliphatic rings. The second-order valence-electron chi connectivity index (χ2n) is 34.3. The molecule has 21 nitrogen and oxygen atoms in total. The molecule has 3 aliphatic heterocycles. The molecule has 0 unspecified atom stereocenters. The summed E-state index contributed by atoms with van der Waals surface area (Å²) in [5.74, 6) is 0.684. The molecule has 18 rings (SSSR count). The number of nitrogens with one attached hydrogen (secondary N) is 1. The van der Waals surface area contributed by atoms with E-state index in [4.69, 9.17) is 58.9 Å². The first-order valence-electron chi connectivity index (χ1n) is 43.4. The molecule has 6 aromatic heterocycles. The molecule has 129 heavy (non-hydrogen) atoms. The van der Waals surface area contributed by atoms with E-state index in [1.54, 1.807) is 40.9 Å². The molecule has 9 heterocycles. The zero-order valence-electron chi connectivity index (χ0n) is 73.4. The number of amides is 3. The van der Waals surface area contributed by atoms with Gasteiger partial charge in [-0.15, -0.1) is 0 Å². The topological polar surface area (TPSA) is 192 Å². The number of aromatic nitrogens is 5. The Hall–Kier alpha value is -14.0. The quantitative estimate of drug-likeness (QED) is 0.0715. The van der Waals surface area contributed by atoms with Crippen molar-refractivity contribution in [2.24, 2.45) is 0 Å². The van der Waals surface area contributed by atoms with Gasteiger partial charge in [-0.2, -0.15) is 0 Å². The highest BCUT2D eigenvalue weighted by Crippen LogP contribution is 2.49. The molecule has 1 saturated carbocycles. The second kappa shape index (κ2) is 36.8. The number of carbonyl (C=O) groups excluding carboxylic acids is 3. The molecule has 0 radical (unpaired) electrons. The number of nitrogens with zero attached hydrogens (tertiary/aromatic N) is 13. The van der Waals surface area contributed by atoms with Gasteiger partial charge < -0.3 is 38.8 Å². The zero-order chi connectivity index (χ0) is 91.2. The van der Waals surface area contributed by atoms with Crippen LogP contribution >= 0.6 is 34.8 Å². The van der Waals surface area contributed by atoms with Gasteiger partial charge in [-0.25, -0.2) is 19.5 Å². The van der Waals surface area contributed by atoms with E-state index >= 15 is 0 Å². The minimum atomic E-state index is -0.396. The van der Waals surface area contributed by atoms with Crippen LogP contribution in [0.5, 0.6) is 0 Å². The van der Waals surface area contributed by atoms with Crippen LogP contribution in [0.25, 0.3) is 120 Å². The number of benzene rings is 8. The monoisotopic (exact) mass is 1770 g/mol. The molecule has 8 aromatic carbocycles. The standard InChI is InChI=1S/C36H35ClN4O2.C35H31ClN4O3.C34H31ClN6O2/c1-6-33(42)39-17-18-40(23(4)21-39)35-29-19-30(37)28(26-15-13-25(14-16-26)24-11-12-24)20-32(29)41(36(43)34(35)38-5)31-10-8-7-9-27(31)22(2)3;1-6-32(41)38-15-16-39(22(4)19-38)34-26-17-28(36)25(27-20-43-31-14-10-8-12-24(27)31)18-30(26)40(35(42)33(34)37-5)29-13-9-7-11-23(29)21(2)3;1-6-30(42)39-15-16-40(21(4)19-39)32-26-17-27(35)25(23-11-13-37-33-24(23)12-14-38-33)18-29(26)41(34(43)31(32)36-5)28-10-8-7-9-22(28)20(2)3/h6-10,13-16,19-20,22-24H,1,11-12,17-18,21H2,2-4H3;6-14,17-18,20-22H,1,15-16,19H2,2-4H3;6-14,17-18,20-21H,1,15-16,19H2,2-4H3,(H,37,38)/t23-;22-;21-/m000/s1. The zero-order valence-corrected chi connectivity index (χ0v) is 75.6. The number of piperazine rings is 3. The molecule has 1 aliphatic carbocycles. The number of aromatic amines is 1. The molecular formula is C105H97Cl3N14O7. The van der Waals surface area contributed by atoms with E-state index in [-0.39, 0.29) is 76.2 Å². The van der Waals surface area contributed by atoms with Crippen molar-refractivity contribution in [2.75, 3.05) is 73.6 Å². The number of anilines is 3. The fourth-order valence-corrected chi connectivity index (χ4v) is 19.6. The van der Waals surface area contributed by atoms with Gasteiger partial charge >= 0.3 is 0 Å². The normalized spacial score (nSPS) is 15.8. The number of halogens is 3. The van der Waals surface area contributed by atoms with E-state index < -0.39 is 11.1 Å². The molecule has 0 spiro atoms. The van der Waals surface area contributed by atoms with Crippen molar-refractivity contribution in [3.05, 3.63) is 329 Å². The smallest absolute Gasteiger partial charge is 0.274 e. The van der Waals surface area contributed by atoms with Crippen LogP contribution < -0.4 is 31.4 Å². The van der Waals surface area contributed by atoms with Crippen LogP contribution in [0.4, 0.5) is 34.1 Å². The molecular weight excluding hydrogens is 1680 g/mol. The van der Waals surface area contributed by atoms with E-state index in [1.807, 2.05) is 173 Å². The lowest BCUT2D eigenvalue weighted by molar-refractivity contribution is -0.127. The number of fused-ring (bicyclic) bond motifs is 5. The van der Waals surface area contributed by atoms with Gasteiger partial charge in [0.25, 0.3) is 33.7 Å². The van der Waals surface area contributed by atoms with Crippen LogP contribution in [-0.2, 0) is 14.4 Å². The lowest BCUT2D eigenvalue weighted by Gasteiger charge is -2.42. The fourth-order valence-electron chi connectivity index (χ4n) is 18.8. The minimum Gasteiger partial charge on any atom is -0.464 e. The molecule has 14 aromatic rings. The Morgan fingerprint density at radius 2 is 0.822 bits per heavy atom. The average molecular weight is 1770 g/mol. The van der Waals surface area contributed by atoms with Gasteiger partial charge in [-0.1, -0.05) is 193 Å². The number of pyridine rings is 4. The van der Waals surface area contributed by atoms with Gasteiger partial charge in [-0.3, -0.25) is 42.5 Å². The number of furan rings is 1. The third kappa shape index (κ3) is 16.4. The highest BCUT2D eigenvalue weighted by molar-refractivity contribution is 6.36. The molecule has 3 saturated heterocycles. The third-order valence-corrected chi connectivity index (χ3v) is 26.3. The van der Waals surface area contributed by atoms with E-state index in [1.165, 1.54) is 36.6 Å². The van der Waals surface area contributed by atoms with Crippen molar-refractivity contribution in [1.29, 1.82) is 0 Å². The Morgan fingerprint density at radius 3 is 1.20 bits per heavy atom. The molecule has 3 atom stereocenters. The number of rotatable bonds is 16. The lowest BCUT2D eigenvalue weighted by atomic mass is 9.97. The van der Waals surface area contributed by atoms with E-state index in [2.05, 4.69) is 125 Å². The Balaban J connectivity index is 0.000000142. The number of para-hydroxylation sites is 4. The first-order valence-corrected chi connectivity index (χ1v) is 44.6. The van der Waals surface area contributed by atoms with Crippen molar-refractivity contribution >= 4 is 141 Å². The highest BCUT2D eigenvalue weighted by atomic mass is 35.5. The van der Waals surface area contributed by atoms with Crippen LogP contribution in [0.1, 0.15) is 121 Å². The Kier molecular flexibility index (Phi) is 25.2. The first-order chi connectivity index (χ1) is 62.2. The largest absolute Gasteiger partial charge is 0.464 e. The maximum absolute atomic E-state index is 14.5. The summed E-state index contributed by atoms with van der Waals surface area (Å²) in [5, 5.41) is 5.49. The second-order valence-corrected chi connectivity index (χ2v) is 35.5. The van der Waals surface area contributed by atoms with Gasteiger partial charge in [-0.05, 0) is 182 Å². The lowest BCUT2D eigenvalue weighted by Crippen LogP contribution is -2.53. The summed E-state index contributed by atoms with van der Waals surface area (Å²) < 4.78 is 10.9. The van der Waals surface area contributed by atoms with Crippen molar-refractivity contribution in [1.82, 2.24) is 38.4 Å². The van der Waals surface area contributed by atoms with E-state index in [0.29, 0.717) is 124 Å². The van der Waals surface area contributed by atoms with E-state index in [0.717, 1.165) is 94.5 Å². The summed E-state index contributed by atoms with van der Waals surface area (Å²) in [7, 11) is 0. The Labute approximate surface area is 763 Å². The van der Waals surface area contributed by atoms with Gasteiger partial charge in [0.1, 0.15) is 11.2 Å². The van der Waals surface area contributed by atoms with Crippen molar-refractivity contribution < 1.29 is 18.8 Å². The van der Waals surface area contributed by atoms with E-state index in [9.17, 15) is 28.8 Å². The van der Waals surface area contributed by atoms with Gasteiger partial charge in [0.2, 0.25) is 17.7 Å². The number of carbonyl (C=O) groups is 3. The number of hydrogen-bond donors (Lipinski definition) is 1. The van der Waals surface area contributed by atoms with Crippen LogP contribution in [0.3, 0.4) is 0 Å². The predicted octanol–water partition coefficient (Wildman–Crippen LogP) is 23.1. The summed E-state index contributed by atoms with van der Waals surface area (Å²) >= 11 is 21.2. The van der Waals surface area contributed by atoms with Gasteiger partial charge in [0.05, 0.1) is 76.7 Å². The number of hydrogen-bond acceptors (Lipinski definition) is 11. The maximum Gasteiger partial charge on any atom is 0.274 e. The molecule has 3 amide bonds. The van der Waals surface area contributed by atoms with Crippen LogP contribution in [0, 0.1) is 19.7 Å². The van der Waals surface area contributed by atoms with Gasteiger partial charge in [0, 0.05) is 154 Å². The average Bonchev–Trinajstić information content (AvgIpc) is 1.01. The fraction of sp³-hybridized carbons (Fsp3) is 0.257. The van der Waals surface area contributed by atoms with Crippen LogP contribution in [0.2, 0.25) is 15.1 Å². The van der Waals surface area contributed by atoms with Crippen LogP contribution in [-0.4, -0.2) is 133 Å². The summed E-state index contributed by atoms with van der Waals surface area (Å²) in [4.78, 5) is 111. The Morgan fingerprint density at radius 1 is 0.450 bits per heavy atom. The predicted molar refractivity (Wildman–Crippen MR) is 523 cm³/mol. The molecule has 4 fully saturated rings. The SMILES string of the molecule is [C-]#[N+]c1c(N2CCN(C(=O)C=C)C[C@@H]2C)c2cc(Cl)c(-c3ccc(C4CC4)cc3)cc2n(-c2ccccc2C(C)C)c1=O.[C-]#[N+]c1c(N2CCN(C(=O)C=C)C[C@@H]2C)c2cc(Cl)c(-c3ccnc4[nH]ccc34)cc2n(-c2ccccc2C(C)C)c1=O.[C-]#[N+]c1c(N2CCN(C(=O)C=C)C[C@@H]2C)c2cc(Cl)c(-c3coc4ccccc34)cc2n(-c2ccccc2C(C)C)c1=O. The third-order valence-electron chi connectivity index (χ3n) is 25.4. The van der Waals surface area contributed by atoms with Crippen molar-refractivity contribution in [3.8, 4) is 50.4 Å². The summed E-state index contributed by atoms with van der Waals surface area (Å²) in [6, 6.07) is 54.8. The first kappa shape index (κ1) is 88.4. The summed E-state index contributed by atoms with van der Waals surface area (Å²) in [5.41, 5.74) is 15.6. The highest BCUT2D eigenvalue weighted by Gasteiger charge is 2.37. The Bertz CT molecular complexity index is 7230. The molecule has 0 bridgehead atoms. The molecule has 1 N–H and O–H groups in total. The van der Waals surface area contributed by atoms with Gasteiger partial charge in [0.15, 0.2) is 0 Å². The van der Waals surface area contributed by atoms with Crippen molar-refractivity contribution in [2.45, 2.75) is 117 Å². The number of H-pyrrole nitrogens is 1. The van der Waals surface area contributed by atoms with Crippen molar-refractivity contribution in [3.63, 3.8) is 0 Å². The summed E-state index contributed by atoms with van der Waals surface area (Å²) in [6.45, 7) is 58.1. The molecule has 24 heteroatoms.